The molecule has 0 saturated carbocycles. The van der Waals surface area contributed by atoms with Gasteiger partial charge in [0.25, 0.3) is 5.91 Å². The number of phenolic OH excluding ortho intramolecular Hbond substituents is 1. The molecule has 0 bridgehead atoms. The van der Waals surface area contributed by atoms with E-state index in [1.165, 1.54) is 42.6 Å². The first kappa shape index (κ1) is 23.7. The van der Waals surface area contributed by atoms with Crippen LogP contribution in [0.1, 0.15) is 11.1 Å². The monoisotopic (exact) mass is 491 g/mol. The lowest BCUT2D eigenvalue weighted by atomic mass is 10.2. The maximum atomic E-state index is 13.2. The highest BCUT2D eigenvalue weighted by molar-refractivity contribution is 7.89. The fourth-order valence-electron chi connectivity index (χ4n) is 2.80. The summed E-state index contributed by atoms with van der Waals surface area (Å²) in [6.45, 7) is -0.552. The molecule has 7 nitrogen and oxygen atoms in total. The highest BCUT2D eigenvalue weighted by Crippen LogP contribution is 2.21. The first-order valence-corrected chi connectivity index (χ1v) is 11.5. The van der Waals surface area contributed by atoms with Crippen molar-refractivity contribution in [3.8, 4) is 5.75 Å². The lowest BCUT2D eigenvalue weighted by Crippen LogP contribution is -2.39. The van der Waals surface area contributed by atoms with Gasteiger partial charge in [0.1, 0.15) is 5.75 Å². The van der Waals surface area contributed by atoms with E-state index in [4.69, 9.17) is 23.2 Å². The van der Waals surface area contributed by atoms with Crippen molar-refractivity contribution >= 4 is 45.3 Å². The van der Waals surface area contributed by atoms with Crippen LogP contribution in [0, 0.1) is 0 Å². The molecule has 0 saturated heterocycles. The summed E-state index contributed by atoms with van der Waals surface area (Å²) in [5, 5.41) is 14.1. The number of carbonyl (C=O) groups excluding carboxylic acids is 1. The lowest BCUT2D eigenvalue weighted by Gasteiger charge is -2.21. The van der Waals surface area contributed by atoms with Gasteiger partial charge >= 0.3 is 0 Å². The highest BCUT2D eigenvalue weighted by atomic mass is 35.5. The molecule has 2 N–H and O–H groups in total. The van der Waals surface area contributed by atoms with E-state index in [1.807, 2.05) is 0 Å². The van der Waals surface area contributed by atoms with Crippen molar-refractivity contribution in [2.75, 3.05) is 6.54 Å². The van der Waals surface area contributed by atoms with E-state index in [9.17, 15) is 18.3 Å². The number of benzene rings is 3. The molecular weight excluding hydrogens is 473 g/mol. The molecule has 1 amide bonds. The van der Waals surface area contributed by atoms with Crippen molar-refractivity contribution in [2.45, 2.75) is 11.4 Å². The lowest BCUT2D eigenvalue weighted by molar-refractivity contribution is -0.121. The number of aromatic hydroxyl groups is 1. The summed E-state index contributed by atoms with van der Waals surface area (Å²) in [6.07, 6.45) is 1.34. The van der Waals surface area contributed by atoms with Gasteiger partial charge in [-0.2, -0.15) is 9.41 Å². The second-order valence-corrected chi connectivity index (χ2v) is 9.56. The second kappa shape index (κ2) is 10.6. The van der Waals surface area contributed by atoms with E-state index in [2.05, 4.69) is 10.5 Å². The number of nitrogens with zero attached hydrogens (tertiary/aromatic N) is 2. The third kappa shape index (κ3) is 6.54. The molecule has 3 rings (SSSR count). The fraction of sp³-hybridized carbons (Fsp3) is 0.0909. The number of rotatable bonds is 8. The Morgan fingerprint density at radius 1 is 1.00 bits per heavy atom. The Balaban J connectivity index is 1.80. The maximum Gasteiger partial charge on any atom is 0.255 e. The van der Waals surface area contributed by atoms with Crippen LogP contribution in [-0.2, 0) is 21.4 Å². The number of phenols is 1. The molecule has 32 heavy (non-hydrogen) atoms. The average molecular weight is 492 g/mol. The smallest absolute Gasteiger partial charge is 0.255 e. The zero-order valence-electron chi connectivity index (χ0n) is 16.7. The Bertz CT molecular complexity index is 1230. The number of nitrogens with one attached hydrogen (secondary N) is 1. The van der Waals surface area contributed by atoms with Crippen molar-refractivity contribution in [1.29, 1.82) is 0 Å². The Morgan fingerprint density at radius 2 is 1.72 bits per heavy atom. The topological polar surface area (TPSA) is 99.1 Å². The molecule has 0 heterocycles. The molecule has 0 unspecified atom stereocenters. The number of sulfonamides is 1. The van der Waals surface area contributed by atoms with E-state index in [0.29, 0.717) is 21.2 Å². The largest absolute Gasteiger partial charge is 0.508 e. The summed E-state index contributed by atoms with van der Waals surface area (Å²) in [5.41, 5.74) is 3.49. The summed E-state index contributed by atoms with van der Waals surface area (Å²) >= 11 is 11.9. The summed E-state index contributed by atoms with van der Waals surface area (Å²) < 4.78 is 27.4. The van der Waals surface area contributed by atoms with Crippen LogP contribution in [0.3, 0.4) is 0 Å². The number of amides is 1. The molecule has 3 aromatic rings. The van der Waals surface area contributed by atoms with Gasteiger partial charge in [-0.25, -0.2) is 13.8 Å². The van der Waals surface area contributed by atoms with E-state index in [0.717, 1.165) is 4.31 Å². The third-order valence-corrected chi connectivity index (χ3v) is 6.59. The summed E-state index contributed by atoms with van der Waals surface area (Å²) in [6, 6.07) is 18.7. The molecule has 0 fully saturated rings. The molecule has 0 aliphatic rings. The Labute approximate surface area is 196 Å². The minimum Gasteiger partial charge on any atom is -0.508 e. The van der Waals surface area contributed by atoms with Crippen LogP contribution < -0.4 is 5.43 Å². The SMILES string of the molecule is O=C(CN(Cc1cccc(Cl)c1)S(=O)(=O)c1ccc(Cl)cc1)NN=Cc1cccc(O)c1. The van der Waals surface area contributed by atoms with Gasteiger partial charge in [-0.05, 0) is 59.7 Å². The van der Waals surface area contributed by atoms with Crippen LogP contribution in [0.25, 0.3) is 0 Å². The van der Waals surface area contributed by atoms with Crippen LogP contribution in [-0.4, -0.2) is 36.5 Å². The third-order valence-electron chi connectivity index (χ3n) is 4.29. The van der Waals surface area contributed by atoms with Crippen LogP contribution in [0.15, 0.2) is 82.8 Å². The zero-order chi connectivity index (χ0) is 23.1. The molecule has 10 heteroatoms. The average Bonchev–Trinajstić information content (AvgIpc) is 2.74. The normalized spacial score (nSPS) is 11.7. The van der Waals surface area contributed by atoms with Crippen LogP contribution in [0.4, 0.5) is 0 Å². The van der Waals surface area contributed by atoms with Crippen LogP contribution in [0.5, 0.6) is 5.75 Å². The summed E-state index contributed by atoms with van der Waals surface area (Å²) in [5.74, 6) is -0.581. The summed E-state index contributed by atoms with van der Waals surface area (Å²) in [4.78, 5) is 12.5. The number of carbonyl (C=O) groups is 1. The molecule has 0 spiro atoms. The zero-order valence-corrected chi connectivity index (χ0v) is 19.0. The van der Waals surface area contributed by atoms with Crippen molar-refractivity contribution < 1.29 is 18.3 Å². The molecular formula is C22H19Cl2N3O4S. The van der Waals surface area contributed by atoms with Gasteiger partial charge in [-0.3, -0.25) is 4.79 Å². The molecule has 0 aliphatic carbocycles. The fourth-order valence-corrected chi connectivity index (χ4v) is 4.52. The van der Waals surface area contributed by atoms with Crippen molar-refractivity contribution in [2.24, 2.45) is 5.10 Å². The first-order chi connectivity index (χ1) is 15.2. The minimum atomic E-state index is -4.02. The first-order valence-electron chi connectivity index (χ1n) is 9.35. The number of hydrogen-bond acceptors (Lipinski definition) is 5. The Kier molecular flexibility index (Phi) is 7.87. The standard InChI is InChI=1S/C22H19Cl2N3O4S/c23-18-7-9-21(10-8-18)32(30,31)27(14-17-4-1-5-19(24)11-17)15-22(29)26-25-13-16-3-2-6-20(28)12-16/h1-13,28H,14-15H2,(H,26,29). The molecule has 3 aromatic carbocycles. The van der Waals surface area contributed by atoms with Gasteiger partial charge in [0.2, 0.25) is 10.0 Å². The van der Waals surface area contributed by atoms with Gasteiger partial charge in [-0.1, -0.05) is 47.5 Å². The van der Waals surface area contributed by atoms with Crippen LogP contribution in [0.2, 0.25) is 10.0 Å². The quantitative estimate of drug-likeness (QED) is 0.366. The number of hydrogen-bond donors (Lipinski definition) is 2. The van der Waals surface area contributed by atoms with E-state index in [1.54, 1.807) is 36.4 Å². The second-order valence-electron chi connectivity index (χ2n) is 6.75. The van der Waals surface area contributed by atoms with Crippen LogP contribution >= 0.6 is 23.2 Å². The molecule has 0 atom stereocenters. The molecule has 0 aliphatic heterocycles. The van der Waals surface area contributed by atoms with E-state index >= 15 is 0 Å². The van der Waals surface area contributed by atoms with Crippen molar-refractivity contribution in [3.05, 3.63) is 94.0 Å². The van der Waals surface area contributed by atoms with Crippen molar-refractivity contribution in [1.82, 2.24) is 9.73 Å². The Hall–Kier alpha value is -2.91. The van der Waals surface area contributed by atoms with Gasteiger partial charge in [-0.15, -0.1) is 0 Å². The van der Waals surface area contributed by atoms with Gasteiger partial charge in [0.15, 0.2) is 0 Å². The summed E-state index contributed by atoms with van der Waals surface area (Å²) in [7, 11) is -4.02. The highest BCUT2D eigenvalue weighted by Gasteiger charge is 2.27. The van der Waals surface area contributed by atoms with Gasteiger partial charge in [0, 0.05) is 16.6 Å². The minimum absolute atomic E-state index is 0.00000917. The molecule has 166 valence electrons. The van der Waals surface area contributed by atoms with Gasteiger partial charge < -0.3 is 5.11 Å². The van der Waals surface area contributed by atoms with E-state index in [-0.39, 0.29) is 17.2 Å². The van der Waals surface area contributed by atoms with Gasteiger partial charge in [0.05, 0.1) is 17.7 Å². The number of hydrazone groups is 1. The predicted octanol–water partition coefficient (Wildman–Crippen LogP) is 4.04. The molecule has 0 radical (unpaired) electrons. The number of halogens is 2. The predicted molar refractivity (Wildman–Crippen MR) is 124 cm³/mol. The van der Waals surface area contributed by atoms with E-state index < -0.39 is 22.5 Å². The Morgan fingerprint density at radius 3 is 2.41 bits per heavy atom. The maximum absolute atomic E-state index is 13.2. The molecule has 0 aromatic heterocycles. The van der Waals surface area contributed by atoms with Crippen molar-refractivity contribution in [3.63, 3.8) is 0 Å².